The Morgan fingerprint density at radius 3 is 2.62 bits per heavy atom. The normalized spacial score (nSPS) is 10.6. The maximum Gasteiger partial charge on any atom is 0.259 e. The number of hydrogen-bond acceptors (Lipinski definition) is 4. The van der Waals surface area contributed by atoms with Crippen LogP contribution in [0.4, 0.5) is 5.13 Å². The Balaban J connectivity index is 1.79. The quantitative estimate of drug-likeness (QED) is 0.681. The van der Waals surface area contributed by atoms with Crippen molar-refractivity contribution in [3.8, 4) is 11.3 Å². The van der Waals surface area contributed by atoms with Gasteiger partial charge in [-0.2, -0.15) is 0 Å². The second kappa shape index (κ2) is 6.15. The highest BCUT2D eigenvalue weighted by atomic mass is 35.5. The average Bonchev–Trinajstić information content (AvgIpc) is 3.06. The molecule has 7 heteroatoms. The van der Waals surface area contributed by atoms with Gasteiger partial charge in [-0.05, 0) is 6.07 Å². The van der Waals surface area contributed by atoms with Crippen LogP contribution in [0.15, 0.2) is 41.8 Å². The molecule has 1 amide bonds. The van der Waals surface area contributed by atoms with Crippen LogP contribution >= 0.6 is 45.9 Å². The maximum absolute atomic E-state index is 12.1. The van der Waals surface area contributed by atoms with E-state index in [-0.39, 0.29) is 5.91 Å². The number of thiophene rings is 1. The molecule has 1 aromatic carbocycles. The molecule has 2 heterocycles. The van der Waals surface area contributed by atoms with Crippen molar-refractivity contribution in [3.63, 3.8) is 0 Å². The van der Waals surface area contributed by atoms with E-state index in [9.17, 15) is 4.79 Å². The molecule has 3 nitrogen and oxygen atoms in total. The van der Waals surface area contributed by atoms with Gasteiger partial charge in [0.05, 0.1) is 15.6 Å². The molecular formula is C14H8Cl2N2OS2. The number of thiazole rings is 1. The van der Waals surface area contributed by atoms with Gasteiger partial charge >= 0.3 is 0 Å². The highest BCUT2D eigenvalue weighted by molar-refractivity contribution is 7.20. The standard InChI is InChI=1S/C14H8Cl2N2OS2/c15-11-6-9(12(16)21-11)13(19)18-14-17-10(7-20-14)8-4-2-1-3-5-8/h1-7H,(H,17,18,19). The van der Waals surface area contributed by atoms with Crippen LogP contribution in [0.3, 0.4) is 0 Å². The SMILES string of the molecule is O=C(Nc1nc(-c2ccccc2)cs1)c1cc(Cl)sc1Cl. The molecule has 106 valence electrons. The minimum atomic E-state index is -0.308. The lowest BCUT2D eigenvalue weighted by molar-refractivity contribution is 0.102. The van der Waals surface area contributed by atoms with Gasteiger partial charge in [0.1, 0.15) is 4.34 Å². The third-order valence-corrected chi connectivity index (χ3v) is 4.94. The fourth-order valence-electron chi connectivity index (χ4n) is 1.73. The number of amides is 1. The van der Waals surface area contributed by atoms with Crippen LogP contribution in [-0.4, -0.2) is 10.9 Å². The van der Waals surface area contributed by atoms with Crippen LogP contribution in [0.25, 0.3) is 11.3 Å². The van der Waals surface area contributed by atoms with E-state index in [1.165, 1.54) is 11.3 Å². The first-order valence-electron chi connectivity index (χ1n) is 5.90. The fourth-order valence-corrected chi connectivity index (χ4v) is 3.91. The summed E-state index contributed by atoms with van der Waals surface area (Å²) in [7, 11) is 0. The van der Waals surface area contributed by atoms with Gasteiger partial charge in [-0.15, -0.1) is 22.7 Å². The molecule has 0 saturated heterocycles. The summed E-state index contributed by atoms with van der Waals surface area (Å²) in [5, 5.41) is 5.16. The maximum atomic E-state index is 12.1. The molecule has 0 spiro atoms. The summed E-state index contributed by atoms with van der Waals surface area (Å²) in [6.07, 6.45) is 0. The summed E-state index contributed by atoms with van der Waals surface area (Å²) in [5.74, 6) is -0.308. The van der Waals surface area contributed by atoms with Gasteiger partial charge in [-0.3, -0.25) is 10.1 Å². The molecule has 0 bridgehead atoms. The first kappa shape index (κ1) is 14.5. The summed E-state index contributed by atoms with van der Waals surface area (Å²) in [6, 6.07) is 11.3. The van der Waals surface area contributed by atoms with E-state index in [1.807, 2.05) is 35.7 Å². The van der Waals surface area contributed by atoms with Crippen LogP contribution in [0.1, 0.15) is 10.4 Å². The smallest absolute Gasteiger partial charge is 0.259 e. The number of carbonyl (C=O) groups is 1. The van der Waals surface area contributed by atoms with Crippen LogP contribution in [0.2, 0.25) is 8.67 Å². The molecule has 2 aromatic heterocycles. The first-order chi connectivity index (χ1) is 10.1. The Morgan fingerprint density at radius 1 is 1.19 bits per heavy atom. The molecule has 3 rings (SSSR count). The van der Waals surface area contributed by atoms with E-state index >= 15 is 0 Å². The number of carbonyl (C=O) groups excluding carboxylic acids is 1. The number of hydrogen-bond donors (Lipinski definition) is 1. The Hall–Kier alpha value is -1.40. The van der Waals surface area contributed by atoms with Crippen LogP contribution < -0.4 is 5.32 Å². The Bertz CT molecular complexity index is 783. The largest absolute Gasteiger partial charge is 0.298 e. The van der Waals surface area contributed by atoms with E-state index in [0.717, 1.165) is 22.6 Å². The van der Waals surface area contributed by atoms with E-state index < -0.39 is 0 Å². The van der Waals surface area contributed by atoms with Gasteiger partial charge in [0, 0.05) is 10.9 Å². The van der Waals surface area contributed by atoms with Crippen LogP contribution in [0.5, 0.6) is 0 Å². The highest BCUT2D eigenvalue weighted by Crippen LogP contribution is 2.32. The van der Waals surface area contributed by atoms with Crippen molar-refractivity contribution in [3.05, 3.63) is 56.0 Å². The molecule has 1 N–H and O–H groups in total. The molecule has 0 aliphatic carbocycles. The second-order valence-electron chi connectivity index (χ2n) is 4.10. The van der Waals surface area contributed by atoms with Gasteiger partial charge in [0.2, 0.25) is 0 Å². The molecule has 3 aromatic rings. The predicted octanol–water partition coefficient (Wildman–Crippen LogP) is 5.43. The zero-order valence-corrected chi connectivity index (χ0v) is 13.6. The third-order valence-electron chi connectivity index (χ3n) is 2.70. The average molecular weight is 355 g/mol. The van der Waals surface area contributed by atoms with E-state index in [4.69, 9.17) is 23.2 Å². The van der Waals surface area contributed by atoms with E-state index in [1.54, 1.807) is 6.07 Å². The molecule has 0 atom stereocenters. The van der Waals surface area contributed by atoms with Crippen molar-refractivity contribution in [2.75, 3.05) is 5.32 Å². The predicted molar refractivity (Wildman–Crippen MR) is 89.8 cm³/mol. The lowest BCUT2D eigenvalue weighted by Gasteiger charge is -1.99. The topological polar surface area (TPSA) is 42.0 Å². The van der Waals surface area contributed by atoms with E-state index in [0.29, 0.717) is 19.4 Å². The van der Waals surface area contributed by atoms with Gasteiger partial charge in [-0.25, -0.2) is 4.98 Å². The molecule has 21 heavy (non-hydrogen) atoms. The molecule has 0 saturated carbocycles. The third kappa shape index (κ3) is 3.27. The number of anilines is 1. The van der Waals surface area contributed by atoms with E-state index in [2.05, 4.69) is 10.3 Å². The molecule has 0 fully saturated rings. The number of benzene rings is 1. The number of nitrogens with one attached hydrogen (secondary N) is 1. The summed E-state index contributed by atoms with van der Waals surface area (Å²) >= 11 is 14.3. The summed E-state index contributed by atoms with van der Waals surface area (Å²) in [4.78, 5) is 16.5. The Labute approximate surface area is 139 Å². The van der Waals surface area contributed by atoms with Gasteiger partial charge in [-0.1, -0.05) is 53.5 Å². The van der Waals surface area contributed by atoms with Crippen molar-refractivity contribution in [1.82, 2.24) is 4.98 Å². The molecule has 0 radical (unpaired) electrons. The Kier molecular flexibility index (Phi) is 4.26. The van der Waals surface area contributed by atoms with Crippen molar-refractivity contribution in [2.24, 2.45) is 0 Å². The van der Waals surface area contributed by atoms with Crippen LogP contribution in [0, 0.1) is 0 Å². The highest BCUT2D eigenvalue weighted by Gasteiger charge is 2.16. The summed E-state index contributed by atoms with van der Waals surface area (Å²) < 4.78 is 0.853. The molecule has 0 unspecified atom stereocenters. The van der Waals surface area contributed by atoms with Gasteiger partial charge in [0.15, 0.2) is 5.13 Å². The molecule has 0 aliphatic heterocycles. The van der Waals surface area contributed by atoms with Crippen molar-refractivity contribution in [2.45, 2.75) is 0 Å². The van der Waals surface area contributed by atoms with Crippen LogP contribution in [-0.2, 0) is 0 Å². The molecular weight excluding hydrogens is 347 g/mol. The first-order valence-corrected chi connectivity index (χ1v) is 8.36. The number of rotatable bonds is 3. The fraction of sp³-hybridized carbons (Fsp3) is 0. The zero-order valence-electron chi connectivity index (χ0n) is 10.5. The lowest BCUT2D eigenvalue weighted by atomic mass is 10.2. The summed E-state index contributed by atoms with van der Waals surface area (Å²) in [5.41, 5.74) is 2.19. The van der Waals surface area contributed by atoms with Gasteiger partial charge < -0.3 is 0 Å². The van der Waals surface area contributed by atoms with Crippen molar-refractivity contribution < 1.29 is 4.79 Å². The minimum absolute atomic E-state index is 0.308. The summed E-state index contributed by atoms with van der Waals surface area (Å²) in [6.45, 7) is 0. The lowest BCUT2D eigenvalue weighted by Crippen LogP contribution is -2.11. The number of halogens is 2. The zero-order chi connectivity index (χ0) is 14.8. The Morgan fingerprint density at radius 2 is 1.95 bits per heavy atom. The van der Waals surface area contributed by atoms with Gasteiger partial charge in [0.25, 0.3) is 5.91 Å². The minimum Gasteiger partial charge on any atom is -0.298 e. The second-order valence-corrected chi connectivity index (χ2v) is 7.24. The van der Waals surface area contributed by atoms with Crippen molar-refractivity contribution in [1.29, 1.82) is 0 Å². The number of aromatic nitrogens is 1. The molecule has 0 aliphatic rings. The number of nitrogens with zero attached hydrogens (tertiary/aromatic N) is 1. The van der Waals surface area contributed by atoms with Crippen molar-refractivity contribution >= 4 is 56.9 Å². The monoisotopic (exact) mass is 354 g/mol.